The first-order valence-electron chi connectivity index (χ1n) is 3.54. The zero-order valence-electron chi connectivity index (χ0n) is 6.64. The van der Waals surface area contributed by atoms with Crippen LogP contribution in [0.5, 0.6) is 0 Å². The number of rotatable bonds is 3. The van der Waals surface area contributed by atoms with Gasteiger partial charge in [-0.1, -0.05) is 0 Å². The summed E-state index contributed by atoms with van der Waals surface area (Å²) in [5, 5.41) is 21.1. The van der Waals surface area contributed by atoms with E-state index < -0.39 is 12.1 Å². The van der Waals surface area contributed by atoms with E-state index in [4.69, 9.17) is 10.2 Å². The second-order valence-electron chi connectivity index (χ2n) is 2.58. The maximum absolute atomic E-state index is 10.4. The van der Waals surface area contributed by atoms with Crippen LogP contribution < -0.4 is 0 Å². The van der Waals surface area contributed by atoms with Crippen molar-refractivity contribution < 1.29 is 15.0 Å². The zero-order chi connectivity index (χ0) is 9.14. The normalized spacial score (nSPS) is 12.8. The molecule has 2 N–H and O–H groups in total. The number of aromatic carboxylic acids is 1. The summed E-state index contributed by atoms with van der Waals surface area (Å²) in [6.07, 6.45) is 1.00. The predicted molar refractivity (Wildman–Crippen MR) is 40.9 cm³/mol. The maximum atomic E-state index is 10.4. The largest absolute Gasteiger partial charge is 0.476 e. The molecular weight excluding hydrogens is 160 g/mol. The zero-order valence-corrected chi connectivity index (χ0v) is 6.64. The second kappa shape index (κ2) is 3.36. The van der Waals surface area contributed by atoms with Crippen LogP contribution in [0.25, 0.3) is 0 Å². The van der Waals surface area contributed by atoms with Gasteiger partial charge in [0.05, 0.1) is 12.6 Å². The number of carboxylic acid groups (broad SMARTS) is 1. The maximum Gasteiger partial charge on any atom is 0.356 e. The van der Waals surface area contributed by atoms with E-state index in [1.54, 1.807) is 6.92 Å². The topological polar surface area (TPSA) is 75.4 Å². The highest BCUT2D eigenvalue weighted by molar-refractivity contribution is 5.84. The number of hydrogen-bond donors (Lipinski definition) is 2. The second-order valence-corrected chi connectivity index (χ2v) is 2.58. The number of carbonyl (C=O) groups is 1. The highest BCUT2D eigenvalue weighted by Crippen LogP contribution is 1.96. The summed E-state index contributed by atoms with van der Waals surface area (Å²) in [5.74, 6) is -1.06. The van der Waals surface area contributed by atoms with E-state index in [0.717, 1.165) is 0 Å². The van der Waals surface area contributed by atoms with Gasteiger partial charge in [-0.05, 0) is 13.0 Å². The molecule has 1 heterocycles. The van der Waals surface area contributed by atoms with Gasteiger partial charge in [-0.2, -0.15) is 5.10 Å². The standard InChI is InChI=1S/C7H10N2O3/c1-5(10)4-9-3-2-6(8-9)7(11)12/h2-3,5,10H,4H2,1H3,(H,11,12). The van der Waals surface area contributed by atoms with Crippen molar-refractivity contribution in [3.05, 3.63) is 18.0 Å². The van der Waals surface area contributed by atoms with Crippen LogP contribution in [0.2, 0.25) is 0 Å². The molecular formula is C7H10N2O3. The molecule has 1 rings (SSSR count). The molecule has 0 aliphatic heterocycles. The summed E-state index contributed by atoms with van der Waals surface area (Å²) in [5.41, 5.74) is -0.00403. The fourth-order valence-electron chi connectivity index (χ4n) is 0.848. The Morgan fingerprint density at radius 2 is 2.50 bits per heavy atom. The Morgan fingerprint density at radius 1 is 1.83 bits per heavy atom. The minimum absolute atomic E-state index is 0.00403. The van der Waals surface area contributed by atoms with Gasteiger partial charge in [0, 0.05) is 6.20 Å². The summed E-state index contributed by atoms with van der Waals surface area (Å²) in [6.45, 7) is 1.93. The van der Waals surface area contributed by atoms with Crippen molar-refractivity contribution in [3.8, 4) is 0 Å². The van der Waals surface area contributed by atoms with Crippen molar-refractivity contribution in [3.63, 3.8) is 0 Å². The van der Waals surface area contributed by atoms with E-state index in [0.29, 0.717) is 6.54 Å². The lowest BCUT2D eigenvalue weighted by Gasteiger charge is -2.02. The van der Waals surface area contributed by atoms with Gasteiger partial charge in [0.15, 0.2) is 5.69 Å². The predicted octanol–water partition coefficient (Wildman–Crippen LogP) is -0.0379. The fourth-order valence-corrected chi connectivity index (χ4v) is 0.848. The Morgan fingerprint density at radius 3 is 2.92 bits per heavy atom. The Hall–Kier alpha value is -1.36. The van der Waals surface area contributed by atoms with Crippen LogP contribution in [0.1, 0.15) is 17.4 Å². The van der Waals surface area contributed by atoms with Crippen LogP contribution in [0.15, 0.2) is 12.3 Å². The Balaban J connectivity index is 2.71. The summed E-state index contributed by atoms with van der Waals surface area (Å²) < 4.78 is 1.40. The van der Waals surface area contributed by atoms with Gasteiger partial charge in [0.25, 0.3) is 0 Å². The van der Waals surface area contributed by atoms with Crippen molar-refractivity contribution >= 4 is 5.97 Å². The van der Waals surface area contributed by atoms with E-state index in [2.05, 4.69) is 5.10 Å². The van der Waals surface area contributed by atoms with E-state index in [1.165, 1.54) is 16.9 Å². The number of carboxylic acids is 1. The molecule has 66 valence electrons. The summed E-state index contributed by atoms with van der Waals surface area (Å²) in [6, 6.07) is 1.39. The van der Waals surface area contributed by atoms with Gasteiger partial charge in [-0.3, -0.25) is 4.68 Å². The molecule has 1 aromatic rings. The quantitative estimate of drug-likeness (QED) is 0.667. The molecule has 1 unspecified atom stereocenters. The van der Waals surface area contributed by atoms with E-state index in [9.17, 15) is 4.79 Å². The number of aliphatic hydroxyl groups excluding tert-OH is 1. The lowest BCUT2D eigenvalue weighted by atomic mass is 10.4. The van der Waals surface area contributed by atoms with Crippen LogP contribution in [0, 0.1) is 0 Å². The van der Waals surface area contributed by atoms with Crippen molar-refractivity contribution in [2.75, 3.05) is 0 Å². The first-order valence-corrected chi connectivity index (χ1v) is 3.54. The molecule has 0 fully saturated rings. The average molecular weight is 170 g/mol. The molecule has 5 heteroatoms. The molecule has 12 heavy (non-hydrogen) atoms. The number of hydrogen-bond acceptors (Lipinski definition) is 3. The van der Waals surface area contributed by atoms with Crippen LogP contribution in [0.4, 0.5) is 0 Å². The summed E-state index contributed by atoms with van der Waals surface area (Å²) >= 11 is 0. The van der Waals surface area contributed by atoms with Crippen LogP contribution >= 0.6 is 0 Å². The Bertz CT molecular complexity index is 280. The van der Waals surface area contributed by atoms with Gasteiger partial charge in [0.2, 0.25) is 0 Å². The molecule has 0 aliphatic carbocycles. The van der Waals surface area contributed by atoms with Gasteiger partial charge in [-0.25, -0.2) is 4.79 Å². The molecule has 0 radical (unpaired) electrons. The lowest BCUT2D eigenvalue weighted by molar-refractivity contribution is 0.0688. The average Bonchev–Trinajstić information content (AvgIpc) is 2.34. The lowest BCUT2D eigenvalue weighted by Crippen LogP contribution is -2.12. The van der Waals surface area contributed by atoms with Crippen molar-refractivity contribution in [1.82, 2.24) is 9.78 Å². The summed E-state index contributed by atoms with van der Waals surface area (Å²) in [4.78, 5) is 10.4. The molecule has 0 aliphatic rings. The van der Waals surface area contributed by atoms with Crippen LogP contribution in [0.3, 0.4) is 0 Å². The van der Waals surface area contributed by atoms with Gasteiger partial charge < -0.3 is 10.2 Å². The molecule has 5 nitrogen and oxygen atoms in total. The molecule has 1 aromatic heterocycles. The first kappa shape index (κ1) is 8.73. The number of aliphatic hydroxyl groups is 1. The smallest absolute Gasteiger partial charge is 0.356 e. The van der Waals surface area contributed by atoms with Gasteiger partial charge in [0.1, 0.15) is 0 Å². The Labute approximate surface area is 69.2 Å². The van der Waals surface area contributed by atoms with E-state index in [-0.39, 0.29) is 5.69 Å². The Kier molecular flexibility index (Phi) is 2.44. The highest BCUT2D eigenvalue weighted by atomic mass is 16.4. The van der Waals surface area contributed by atoms with Crippen molar-refractivity contribution in [1.29, 1.82) is 0 Å². The number of nitrogens with zero attached hydrogens (tertiary/aromatic N) is 2. The van der Waals surface area contributed by atoms with Gasteiger partial charge in [-0.15, -0.1) is 0 Å². The SMILES string of the molecule is CC(O)Cn1ccc(C(=O)O)n1. The molecule has 0 aromatic carbocycles. The van der Waals surface area contributed by atoms with Crippen molar-refractivity contribution in [2.45, 2.75) is 19.6 Å². The number of aromatic nitrogens is 2. The molecule has 0 saturated heterocycles. The monoisotopic (exact) mass is 170 g/mol. The molecule has 0 bridgehead atoms. The third-order valence-corrected chi connectivity index (χ3v) is 1.31. The third kappa shape index (κ3) is 2.06. The third-order valence-electron chi connectivity index (χ3n) is 1.31. The fraction of sp³-hybridized carbons (Fsp3) is 0.429. The minimum Gasteiger partial charge on any atom is -0.476 e. The molecule has 1 atom stereocenters. The van der Waals surface area contributed by atoms with Gasteiger partial charge >= 0.3 is 5.97 Å². The van der Waals surface area contributed by atoms with Crippen LogP contribution in [-0.4, -0.2) is 32.1 Å². The molecule has 0 amide bonds. The van der Waals surface area contributed by atoms with Crippen LogP contribution in [-0.2, 0) is 6.54 Å². The first-order chi connectivity index (χ1) is 5.59. The highest BCUT2D eigenvalue weighted by Gasteiger charge is 2.06. The van der Waals surface area contributed by atoms with Crippen molar-refractivity contribution in [2.24, 2.45) is 0 Å². The van der Waals surface area contributed by atoms with E-state index in [1.807, 2.05) is 0 Å². The minimum atomic E-state index is -1.06. The summed E-state index contributed by atoms with van der Waals surface area (Å²) in [7, 11) is 0. The van der Waals surface area contributed by atoms with E-state index >= 15 is 0 Å². The molecule has 0 saturated carbocycles. The molecule has 0 spiro atoms.